The van der Waals surface area contributed by atoms with Crippen LogP contribution in [0.4, 0.5) is 0 Å². The first kappa shape index (κ1) is 13.3. The number of hydrogen-bond acceptors (Lipinski definition) is 5. The van der Waals surface area contributed by atoms with Crippen molar-refractivity contribution in [3.05, 3.63) is 53.7 Å². The van der Waals surface area contributed by atoms with Gasteiger partial charge in [0.25, 0.3) is 0 Å². The topological polar surface area (TPSA) is 64.4 Å². The van der Waals surface area contributed by atoms with Gasteiger partial charge < -0.3 is 14.5 Å². The van der Waals surface area contributed by atoms with E-state index in [-0.39, 0.29) is 11.8 Å². The number of nitrogens with one attached hydrogen (secondary N) is 1. The first-order chi connectivity index (χ1) is 9.20. The van der Waals surface area contributed by atoms with E-state index in [4.69, 9.17) is 4.42 Å². The highest BCUT2D eigenvalue weighted by molar-refractivity contribution is 5.86. The Kier molecular flexibility index (Phi) is 4.30. The molecule has 5 nitrogen and oxygen atoms in total. The molecule has 19 heavy (non-hydrogen) atoms. The maximum Gasteiger partial charge on any atom is 0.373 e. The van der Waals surface area contributed by atoms with Crippen LogP contribution in [0.1, 0.15) is 35.0 Å². The number of ether oxygens (including phenoxy) is 1. The van der Waals surface area contributed by atoms with Gasteiger partial charge in [0.1, 0.15) is 5.76 Å². The molecule has 100 valence electrons. The number of carbonyl (C=O) groups excluding carboxylic acids is 1. The lowest BCUT2D eigenvalue weighted by atomic mass is 10.2. The third-order valence-corrected chi connectivity index (χ3v) is 2.76. The average molecular weight is 260 g/mol. The maximum atomic E-state index is 11.3. The number of hydrogen-bond donors (Lipinski definition) is 1. The molecule has 0 saturated carbocycles. The van der Waals surface area contributed by atoms with E-state index in [1.807, 2.05) is 25.1 Å². The lowest BCUT2D eigenvalue weighted by Crippen LogP contribution is -2.18. The van der Waals surface area contributed by atoms with Crippen LogP contribution in [0.5, 0.6) is 0 Å². The Hall–Kier alpha value is -2.14. The van der Waals surface area contributed by atoms with Gasteiger partial charge in [-0.2, -0.15) is 0 Å². The lowest BCUT2D eigenvalue weighted by molar-refractivity contribution is 0.0562. The van der Waals surface area contributed by atoms with Gasteiger partial charge in [-0.3, -0.25) is 4.98 Å². The van der Waals surface area contributed by atoms with E-state index in [0.717, 1.165) is 5.69 Å². The van der Waals surface area contributed by atoms with Crippen LogP contribution < -0.4 is 5.32 Å². The summed E-state index contributed by atoms with van der Waals surface area (Å²) in [5.41, 5.74) is 0.953. The van der Waals surface area contributed by atoms with E-state index in [2.05, 4.69) is 15.0 Å². The highest BCUT2D eigenvalue weighted by atomic mass is 16.5. The minimum atomic E-state index is -0.469. The second-order valence-corrected chi connectivity index (χ2v) is 4.12. The number of carbonyl (C=O) groups is 1. The molecule has 0 saturated heterocycles. The molecular formula is C14H16N2O3. The molecule has 1 unspecified atom stereocenters. The van der Waals surface area contributed by atoms with Gasteiger partial charge in [-0.05, 0) is 31.2 Å². The van der Waals surface area contributed by atoms with Gasteiger partial charge >= 0.3 is 5.97 Å². The van der Waals surface area contributed by atoms with E-state index >= 15 is 0 Å². The second-order valence-electron chi connectivity index (χ2n) is 4.12. The first-order valence-electron chi connectivity index (χ1n) is 6.02. The third-order valence-electron chi connectivity index (χ3n) is 2.76. The first-order valence-corrected chi connectivity index (χ1v) is 6.02. The van der Waals surface area contributed by atoms with Gasteiger partial charge in [0, 0.05) is 12.7 Å². The Morgan fingerprint density at radius 3 is 2.95 bits per heavy atom. The van der Waals surface area contributed by atoms with Gasteiger partial charge in [-0.15, -0.1) is 0 Å². The molecule has 0 radical (unpaired) electrons. The highest BCUT2D eigenvalue weighted by Crippen LogP contribution is 2.17. The van der Waals surface area contributed by atoms with Gasteiger partial charge in [-0.25, -0.2) is 4.79 Å². The summed E-state index contributed by atoms with van der Waals surface area (Å²) in [5.74, 6) is 0.434. The molecule has 0 aliphatic carbocycles. The summed E-state index contributed by atoms with van der Waals surface area (Å²) in [7, 11) is 1.33. The smallest absolute Gasteiger partial charge is 0.373 e. The zero-order valence-corrected chi connectivity index (χ0v) is 10.9. The molecule has 2 heterocycles. The quantitative estimate of drug-likeness (QED) is 0.836. The van der Waals surface area contributed by atoms with Crippen molar-refractivity contribution in [1.29, 1.82) is 0 Å². The van der Waals surface area contributed by atoms with Crippen molar-refractivity contribution >= 4 is 5.97 Å². The number of methoxy groups -OCH3 is 1. The van der Waals surface area contributed by atoms with Crippen molar-refractivity contribution in [2.75, 3.05) is 7.11 Å². The Morgan fingerprint density at radius 2 is 2.26 bits per heavy atom. The Bertz CT molecular complexity index is 537. The predicted molar refractivity (Wildman–Crippen MR) is 69.5 cm³/mol. The molecule has 5 heteroatoms. The van der Waals surface area contributed by atoms with Gasteiger partial charge in [0.05, 0.1) is 18.8 Å². The van der Waals surface area contributed by atoms with Crippen molar-refractivity contribution in [2.24, 2.45) is 0 Å². The summed E-state index contributed by atoms with van der Waals surface area (Å²) in [4.78, 5) is 15.5. The Morgan fingerprint density at radius 1 is 1.42 bits per heavy atom. The van der Waals surface area contributed by atoms with Crippen LogP contribution in [-0.2, 0) is 11.3 Å². The van der Waals surface area contributed by atoms with Crippen molar-refractivity contribution in [3.63, 3.8) is 0 Å². The van der Waals surface area contributed by atoms with Crippen molar-refractivity contribution in [3.8, 4) is 0 Å². The largest absolute Gasteiger partial charge is 0.463 e. The zero-order chi connectivity index (χ0) is 13.7. The molecule has 2 aromatic heterocycles. The van der Waals surface area contributed by atoms with Crippen molar-refractivity contribution in [1.82, 2.24) is 10.3 Å². The summed E-state index contributed by atoms with van der Waals surface area (Å²) in [5, 5.41) is 3.28. The Balaban J connectivity index is 1.94. The van der Waals surface area contributed by atoms with E-state index in [0.29, 0.717) is 12.3 Å². The van der Waals surface area contributed by atoms with Crippen molar-refractivity contribution in [2.45, 2.75) is 19.5 Å². The number of pyridine rings is 1. The molecule has 2 rings (SSSR count). The summed E-state index contributed by atoms with van der Waals surface area (Å²) in [6.45, 7) is 2.60. The summed E-state index contributed by atoms with van der Waals surface area (Å²) in [6, 6.07) is 9.13. The molecule has 0 aliphatic heterocycles. The minimum absolute atomic E-state index is 0.0135. The molecule has 1 atom stereocenters. The molecule has 0 aliphatic rings. The summed E-state index contributed by atoms with van der Waals surface area (Å²) >= 11 is 0. The average Bonchev–Trinajstić information content (AvgIpc) is 2.95. The monoisotopic (exact) mass is 260 g/mol. The standard InChI is InChI=1S/C14H16N2O3/c1-10(16-9-11-5-3-4-8-15-11)12-6-7-13(19-12)14(17)18-2/h3-8,10,16H,9H2,1-2H3. The second kappa shape index (κ2) is 6.15. The number of nitrogens with zero attached hydrogens (tertiary/aromatic N) is 1. The fourth-order valence-electron chi connectivity index (χ4n) is 1.66. The minimum Gasteiger partial charge on any atom is -0.463 e. The number of aromatic nitrogens is 1. The maximum absolute atomic E-state index is 11.3. The molecule has 2 aromatic rings. The SMILES string of the molecule is COC(=O)c1ccc(C(C)NCc2ccccn2)o1. The van der Waals surface area contributed by atoms with Crippen LogP contribution in [0.3, 0.4) is 0 Å². The zero-order valence-electron chi connectivity index (χ0n) is 10.9. The van der Waals surface area contributed by atoms with Crippen LogP contribution in [0.15, 0.2) is 40.9 Å². The fourth-order valence-corrected chi connectivity index (χ4v) is 1.66. The van der Waals surface area contributed by atoms with Crippen LogP contribution in [-0.4, -0.2) is 18.1 Å². The molecule has 0 amide bonds. The van der Waals surface area contributed by atoms with Crippen LogP contribution in [0, 0.1) is 0 Å². The fraction of sp³-hybridized carbons (Fsp3) is 0.286. The lowest BCUT2D eigenvalue weighted by Gasteiger charge is -2.10. The molecule has 0 aromatic carbocycles. The van der Waals surface area contributed by atoms with Gasteiger partial charge in [0.15, 0.2) is 0 Å². The van der Waals surface area contributed by atoms with E-state index in [1.165, 1.54) is 7.11 Å². The number of esters is 1. The van der Waals surface area contributed by atoms with E-state index in [9.17, 15) is 4.79 Å². The Labute approximate surface area is 111 Å². The molecular weight excluding hydrogens is 244 g/mol. The van der Waals surface area contributed by atoms with Gasteiger partial charge in [-0.1, -0.05) is 6.07 Å². The predicted octanol–water partition coefficient (Wildman–Crippen LogP) is 2.31. The van der Waals surface area contributed by atoms with E-state index in [1.54, 1.807) is 18.3 Å². The number of furan rings is 1. The number of rotatable bonds is 5. The van der Waals surface area contributed by atoms with Gasteiger partial charge in [0.2, 0.25) is 5.76 Å². The van der Waals surface area contributed by atoms with Crippen LogP contribution in [0.25, 0.3) is 0 Å². The van der Waals surface area contributed by atoms with E-state index < -0.39 is 5.97 Å². The normalized spacial score (nSPS) is 12.1. The van der Waals surface area contributed by atoms with Crippen molar-refractivity contribution < 1.29 is 13.9 Å². The summed E-state index contributed by atoms with van der Waals surface area (Å²) in [6.07, 6.45) is 1.75. The van der Waals surface area contributed by atoms with Crippen LogP contribution >= 0.6 is 0 Å². The third kappa shape index (κ3) is 3.42. The van der Waals surface area contributed by atoms with Crippen LogP contribution in [0.2, 0.25) is 0 Å². The highest BCUT2D eigenvalue weighted by Gasteiger charge is 2.14. The molecule has 1 N–H and O–H groups in total. The summed E-state index contributed by atoms with van der Waals surface area (Å²) < 4.78 is 10.0. The molecule has 0 fully saturated rings. The molecule has 0 spiro atoms. The molecule has 0 bridgehead atoms.